The Labute approximate surface area is 458 Å². The molecule has 0 spiro atoms. The Bertz CT molecular complexity index is 2700. The fourth-order valence-electron chi connectivity index (χ4n) is 12.2. The molecule has 0 saturated carbocycles. The maximum atomic E-state index is 11.6. The van der Waals surface area contributed by atoms with Crippen molar-refractivity contribution in [1.29, 1.82) is 5.26 Å². The molecule has 0 aliphatic carbocycles. The lowest BCUT2D eigenvalue weighted by Gasteiger charge is -2.26. The SMILES string of the molecule is CCCCC(CC)Cc1cc(CC(CC)CCCC)cc(-c2c(C)c(-c3cc(CC(CC)CCCC)cc(CC(CC)CCCC)c3)c(C)c(-c3ccc(-c4ccc(/C=C(\C#N)C(=O)O)cc4)c4nsnc34)c2C)c1. The summed E-state index contributed by atoms with van der Waals surface area (Å²) in [4.78, 5) is 11.6. The van der Waals surface area contributed by atoms with Gasteiger partial charge in [-0.2, -0.15) is 14.0 Å². The monoisotopic (exact) mass is 1030 g/mol. The van der Waals surface area contributed by atoms with Gasteiger partial charge in [-0.25, -0.2) is 4.79 Å². The quantitative estimate of drug-likeness (QED) is 0.0359. The molecule has 4 unspecified atom stereocenters. The number of carboxylic acids is 1. The first-order chi connectivity index (χ1) is 36.3. The number of hydrogen-bond donors (Lipinski definition) is 1. The van der Waals surface area contributed by atoms with Crippen molar-refractivity contribution in [3.05, 3.63) is 123 Å². The summed E-state index contributed by atoms with van der Waals surface area (Å²) >= 11 is 1.25. The number of aromatic nitrogens is 2. The van der Waals surface area contributed by atoms with E-state index in [2.05, 4.69) is 125 Å². The predicted octanol–water partition coefficient (Wildman–Crippen LogP) is 20.3. The molecule has 1 aromatic heterocycles. The Hall–Kier alpha value is -5.38. The second-order valence-corrected chi connectivity index (χ2v) is 22.8. The highest BCUT2D eigenvalue weighted by Crippen LogP contribution is 2.47. The number of carboxylic acid groups (broad SMARTS) is 1. The van der Waals surface area contributed by atoms with Gasteiger partial charge in [0.1, 0.15) is 22.7 Å². The highest BCUT2D eigenvalue weighted by Gasteiger charge is 2.26. The number of benzene rings is 5. The Kier molecular flexibility index (Phi) is 22.9. The van der Waals surface area contributed by atoms with Crippen molar-refractivity contribution in [2.45, 2.75) is 205 Å². The number of hydrogen-bond acceptors (Lipinski definition) is 5. The Morgan fingerprint density at radius 3 is 1.23 bits per heavy atom. The third-order valence-corrected chi connectivity index (χ3v) is 17.3. The summed E-state index contributed by atoms with van der Waals surface area (Å²) in [6.07, 6.45) is 25.7. The minimum Gasteiger partial charge on any atom is -0.477 e. The topological polar surface area (TPSA) is 86.9 Å². The molecule has 6 heteroatoms. The lowest BCUT2D eigenvalue weighted by molar-refractivity contribution is -0.132. The average Bonchev–Trinajstić information content (AvgIpc) is 3.92. The van der Waals surface area contributed by atoms with Crippen LogP contribution in [0.15, 0.2) is 78.4 Å². The first-order valence-corrected chi connectivity index (χ1v) is 30.2. The first-order valence-electron chi connectivity index (χ1n) is 29.5. The van der Waals surface area contributed by atoms with E-state index in [0.29, 0.717) is 29.2 Å². The zero-order valence-corrected chi connectivity index (χ0v) is 48.9. The van der Waals surface area contributed by atoms with Gasteiger partial charge < -0.3 is 5.11 Å². The molecular weight excluding hydrogens is 935 g/mol. The van der Waals surface area contributed by atoms with Crippen LogP contribution in [0.3, 0.4) is 0 Å². The van der Waals surface area contributed by atoms with Crippen LogP contribution in [0.1, 0.15) is 203 Å². The summed E-state index contributed by atoms with van der Waals surface area (Å²) in [5.74, 6) is 1.40. The van der Waals surface area contributed by atoms with Gasteiger partial charge in [-0.1, -0.05) is 231 Å². The lowest BCUT2D eigenvalue weighted by atomic mass is 9.78. The van der Waals surface area contributed by atoms with Crippen LogP contribution in [0.5, 0.6) is 0 Å². The molecule has 400 valence electrons. The van der Waals surface area contributed by atoms with Gasteiger partial charge in [0, 0.05) is 11.1 Å². The van der Waals surface area contributed by atoms with Crippen LogP contribution in [0.25, 0.3) is 61.6 Å². The van der Waals surface area contributed by atoms with Crippen molar-refractivity contribution in [3.8, 4) is 50.6 Å². The second-order valence-electron chi connectivity index (χ2n) is 22.3. The van der Waals surface area contributed by atoms with Gasteiger partial charge in [0.15, 0.2) is 0 Å². The van der Waals surface area contributed by atoms with E-state index < -0.39 is 5.97 Å². The van der Waals surface area contributed by atoms with Gasteiger partial charge in [0.25, 0.3) is 0 Å². The fraction of sp³-hybridized carbons (Fsp3) is 0.507. The second kappa shape index (κ2) is 29.2. The van der Waals surface area contributed by atoms with Crippen molar-refractivity contribution >= 4 is 34.8 Å². The molecule has 1 heterocycles. The minimum atomic E-state index is -1.23. The molecule has 5 aromatic carbocycles. The van der Waals surface area contributed by atoms with Gasteiger partial charge in [-0.15, -0.1) is 0 Å². The molecule has 0 bridgehead atoms. The van der Waals surface area contributed by atoms with Crippen molar-refractivity contribution in [1.82, 2.24) is 8.75 Å². The van der Waals surface area contributed by atoms with E-state index in [1.165, 1.54) is 187 Å². The van der Waals surface area contributed by atoms with Crippen molar-refractivity contribution in [2.24, 2.45) is 23.7 Å². The van der Waals surface area contributed by atoms with Crippen LogP contribution in [0.4, 0.5) is 0 Å². The fourth-order valence-corrected chi connectivity index (χ4v) is 12.8. The number of fused-ring (bicyclic) bond motifs is 1. The summed E-state index contributed by atoms with van der Waals surface area (Å²) in [5, 5.41) is 18.9. The largest absolute Gasteiger partial charge is 0.477 e. The third-order valence-electron chi connectivity index (χ3n) is 16.8. The van der Waals surface area contributed by atoms with E-state index in [1.54, 1.807) is 6.07 Å². The van der Waals surface area contributed by atoms with Crippen LogP contribution in [-0.2, 0) is 30.5 Å². The number of unbranched alkanes of at least 4 members (excludes halogenated alkanes) is 4. The summed E-state index contributed by atoms with van der Waals surface area (Å²) in [5.41, 5.74) is 21.5. The minimum absolute atomic E-state index is 0.296. The predicted molar refractivity (Wildman–Crippen MR) is 323 cm³/mol. The van der Waals surface area contributed by atoms with Crippen LogP contribution >= 0.6 is 11.7 Å². The van der Waals surface area contributed by atoms with Gasteiger partial charge in [0.05, 0.1) is 11.7 Å². The molecule has 1 N–H and O–H groups in total. The van der Waals surface area contributed by atoms with E-state index >= 15 is 0 Å². The van der Waals surface area contributed by atoms with E-state index in [-0.39, 0.29) is 5.57 Å². The van der Waals surface area contributed by atoms with Crippen LogP contribution < -0.4 is 0 Å². The van der Waals surface area contributed by atoms with Gasteiger partial charge in [-0.3, -0.25) is 0 Å². The molecule has 0 fully saturated rings. The lowest BCUT2D eigenvalue weighted by Crippen LogP contribution is -2.08. The molecule has 0 aliphatic rings. The summed E-state index contributed by atoms with van der Waals surface area (Å²) < 4.78 is 10.1. The van der Waals surface area contributed by atoms with Crippen molar-refractivity contribution in [3.63, 3.8) is 0 Å². The number of nitriles is 1. The van der Waals surface area contributed by atoms with Crippen LogP contribution in [0.2, 0.25) is 0 Å². The van der Waals surface area contributed by atoms with E-state index in [0.717, 1.165) is 53.4 Å². The summed E-state index contributed by atoms with van der Waals surface area (Å²) in [7, 11) is 0. The standard InChI is InChI=1S/C69H91N3O2S/c1-12-20-24-49(16-5)34-54-38-55(35-50(17-6)25-21-13-2)42-59(41-54)64-46(9)65(60-43-56(36-51(18-7)26-22-14-3)39-57(44-60)37-52(19-8)27-23-15-4)48(11)66(47(64)10)63-33-32-62(67-68(63)72-75-71-67)58-30-28-53(29-31-58)40-61(45-70)69(73)74/h28-33,38-44,49-52H,12-27,34-37H2,1-11H3,(H,73,74)/b61-40+. The molecule has 0 radical (unpaired) electrons. The van der Waals surface area contributed by atoms with Gasteiger partial charge >= 0.3 is 5.97 Å². The maximum Gasteiger partial charge on any atom is 0.346 e. The van der Waals surface area contributed by atoms with E-state index in [9.17, 15) is 15.2 Å². The van der Waals surface area contributed by atoms with Crippen LogP contribution in [-0.4, -0.2) is 19.8 Å². The maximum absolute atomic E-state index is 11.6. The number of rotatable bonds is 30. The number of aliphatic carboxylic acids is 1. The first kappa shape index (κ1) is 58.9. The number of carbonyl (C=O) groups is 1. The molecule has 6 rings (SSSR count). The van der Waals surface area contributed by atoms with Gasteiger partial charge in [-0.05, 0) is 154 Å². The molecule has 0 aliphatic heterocycles. The average molecular weight is 1030 g/mol. The van der Waals surface area contributed by atoms with Crippen molar-refractivity contribution < 1.29 is 9.90 Å². The normalized spacial score (nSPS) is 13.5. The molecule has 0 saturated heterocycles. The number of nitrogens with zero attached hydrogens (tertiary/aromatic N) is 3. The summed E-state index contributed by atoms with van der Waals surface area (Å²) in [6.45, 7) is 26.0. The molecule has 75 heavy (non-hydrogen) atoms. The Balaban J connectivity index is 1.66. The molecule has 0 amide bonds. The van der Waals surface area contributed by atoms with E-state index in [1.807, 2.05) is 24.3 Å². The Morgan fingerprint density at radius 2 is 0.880 bits per heavy atom. The molecule has 4 atom stereocenters. The highest BCUT2D eigenvalue weighted by molar-refractivity contribution is 7.00. The van der Waals surface area contributed by atoms with Gasteiger partial charge in [0.2, 0.25) is 0 Å². The molecule has 5 nitrogen and oxygen atoms in total. The Morgan fingerprint density at radius 1 is 0.520 bits per heavy atom. The zero-order valence-electron chi connectivity index (χ0n) is 48.1. The van der Waals surface area contributed by atoms with Crippen molar-refractivity contribution in [2.75, 3.05) is 0 Å². The molecular formula is C69H91N3O2S. The van der Waals surface area contributed by atoms with E-state index in [4.69, 9.17) is 8.75 Å². The highest BCUT2D eigenvalue weighted by atomic mass is 32.1. The molecule has 6 aromatic rings. The smallest absolute Gasteiger partial charge is 0.346 e. The summed E-state index contributed by atoms with van der Waals surface area (Å²) in [6, 6.07) is 29.4. The van der Waals surface area contributed by atoms with Crippen LogP contribution in [0, 0.1) is 55.8 Å². The zero-order chi connectivity index (χ0) is 54.0. The third kappa shape index (κ3) is 15.2.